The summed E-state index contributed by atoms with van der Waals surface area (Å²) in [5, 5.41) is 12.5. The lowest BCUT2D eigenvalue weighted by Gasteiger charge is -2.29. The standard InChI is InChI=1S/C41H44N4O2/c46-40(36-23-22-32-15-10-11-20-35(32)27-36)43-29-37-24-26-45(30-38(33-16-6-2-7-17-33)34-18-8-3-9-19-34)41(47)39(44-37)21-12-25-42-28-31-13-4-1-5-14-31/h1-11,13-20,22-23,27,37-39,42,44H,12,21,24-26,28-30H2,(H,43,46)/t37-,39-/m0/s1. The smallest absolute Gasteiger partial charge is 0.251 e. The predicted octanol–water partition coefficient (Wildman–Crippen LogP) is 6.53. The van der Waals surface area contributed by atoms with E-state index in [2.05, 4.69) is 88.7 Å². The largest absolute Gasteiger partial charge is 0.350 e. The van der Waals surface area contributed by atoms with Gasteiger partial charge in [-0.3, -0.25) is 9.59 Å². The SMILES string of the molecule is O=C(NC[C@@H]1CCN(CC(c2ccccc2)c2ccccc2)C(=O)[C@H](CCCNCc2ccccc2)N1)c1ccc2ccccc2c1. The van der Waals surface area contributed by atoms with Crippen molar-refractivity contribution in [3.63, 3.8) is 0 Å². The summed E-state index contributed by atoms with van der Waals surface area (Å²) in [6.07, 6.45) is 2.33. The van der Waals surface area contributed by atoms with Crippen LogP contribution in [0.15, 0.2) is 133 Å². The predicted molar refractivity (Wildman–Crippen MR) is 190 cm³/mol. The van der Waals surface area contributed by atoms with E-state index in [0.29, 0.717) is 31.6 Å². The number of hydrogen-bond donors (Lipinski definition) is 3. The van der Waals surface area contributed by atoms with Gasteiger partial charge in [-0.1, -0.05) is 121 Å². The average molecular weight is 625 g/mol. The Morgan fingerprint density at radius 3 is 2.13 bits per heavy atom. The van der Waals surface area contributed by atoms with Gasteiger partial charge in [-0.25, -0.2) is 0 Å². The third-order valence-corrected chi connectivity index (χ3v) is 9.14. The number of rotatable bonds is 13. The van der Waals surface area contributed by atoms with Gasteiger partial charge in [0.2, 0.25) is 5.91 Å². The molecule has 0 unspecified atom stereocenters. The van der Waals surface area contributed by atoms with E-state index in [4.69, 9.17) is 0 Å². The van der Waals surface area contributed by atoms with Crippen molar-refractivity contribution in [1.29, 1.82) is 0 Å². The van der Waals surface area contributed by atoms with E-state index < -0.39 is 0 Å². The highest BCUT2D eigenvalue weighted by molar-refractivity contribution is 5.98. The third-order valence-electron chi connectivity index (χ3n) is 9.14. The number of carbonyl (C=O) groups excluding carboxylic acids is 2. The number of benzene rings is 5. The van der Waals surface area contributed by atoms with E-state index in [1.807, 2.05) is 65.6 Å². The Labute approximate surface area is 278 Å². The Hall–Kier alpha value is -4.78. The van der Waals surface area contributed by atoms with Crippen molar-refractivity contribution in [2.75, 3.05) is 26.2 Å². The quantitative estimate of drug-likeness (QED) is 0.130. The van der Waals surface area contributed by atoms with Crippen molar-refractivity contribution in [2.45, 2.75) is 43.8 Å². The van der Waals surface area contributed by atoms with Crippen molar-refractivity contribution in [3.05, 3.63) is 156 Å². The molecular formula is C41H44N4O2. The van der Waals surface area contributed by atoms with Gasteiger partial charge < -0.3 is 20.9 Å². The Morgan fingerprint density at radius 1 is 0.787 bits per heavy atom. The van der Waals surface area contributed by atoms with Crippen LogP contribution in [0.2, 0.25) is 0 Å². The van der Waals surface area contributed by atoms with E-state index in [9.17, 15) is 9.59 Å². The summed E-state index contributed by atoms with van der Waals surface area (Å²) in [5.74, 6) is 0.104. The zero-order valence-electron chi connectivity index (χ0n) is 26.9. The molecule has 1 heterocycles. The molecule has 3 N–H and O–H groups in total. The van der Waals surface area contributed by atoms with Crippen LogP contribution in [0.3, 0.4) is 0 Å². The molecular weight excluding hydrogens is 580 g/mol. The number of nitrogens with one attached hydrogen (secondary N) is 3. The van der Waals surface area contributed by atoms with Crippen LogP contribution in [-0.2, 0) is 11.3 Å². The first kappa shape index (κ1) is 32.2. The maximum atomic E-state index is 14.2. The number of carbonyl (C=O) groups is 2. The monoisotopic (exact) mass is 624 g/mol. The molecule has 1 fully saturated rings. The Morgan fingerprint density at radius 2 is 1.43 bits per heavy atom. The van der Waals surface area contributed by atoms with Crippen molar-refractivity contribution < 1.29 is 9.59 Å². The third kappa shape index (κ3) is 8.73. The second kappa shape index (κ2) is 16.2. The van der Waals surface area contributed by atoms with E-state index in [-0.39, 0.29) is 29.8 Å². The second-order valence-corrected chi connectivity index (χ2v) is 12.4. The van der Waals surface area contributed by atoms with Crippen molar-refractivity contribution in [1.82, 2.24) is 20.9 Å². The van der Waals surface area contributed by atoms with Crippen LogP contribution < -0.4 is 16.0 Å². The van der Waals surface area contributed by atoms with Crippen LogP contribution in [0.25, 0.3) is 10.8 Å². The topological polar surface area (TPSA) is 73.5 Å². The van der Waals surface area contributed by atoms with Gasteiger partial charge in [0.05, 0.1) is 6.04 Å². The van der Waals surface area contributed by atoms with Crippen LogP contribution in [0, 0.1) is 0 Å². The van der Waals surface area contributed by atoms with Gasteiger partial charge in [-0.15, -0.1) is 0 Å². The minimum absolute atomic E-state index is 0.0254. The molecule has 0 bridgehead atoms. The summed E-state index contributed by atoms with van der Waals surface area (Å²) in [6.45, 7) is 3.31. The summed E-state index contributed by atoms with van der Waals surface area (Å²) >= 11 is 0. The molecule has 1 aliphatic rings. The normalized spacial score (nSPS) is 16.7. The number of hydrogen-bond acceptors (Lipinski definition) is 4. The molecule has 0 saturated carbocycles. The Bertz CT molecular complexity index is 1690. The van der Waals surface area contributed by atoms with Gasteiger partial charge in [0.25, 0.3) is 5.91 Å². The van der Waals surface area contributed by atoms with E-state index in [1.165, 1.54) is 16.7 Å². The van der Waals surface area contributed by atoms with Crippen molar-refractivity contribution in [3.8, 4) is 0 Å². The fourth-order valence-electron chi connectivity index (χ4n) is 6.53. The molecule has 0 aliphatic carbocycles. The average Bonchev–Trinajstić information content (AvgIpc) is 3.27. The Balaban J connectivity index is 1.14. The first-order valence-corrected chi connectivity index (χ1v) is 16.8. The lowest BCUT2D eigenvalue weighted by atomic mass is 9.90. The van der Waals surface area contributed by atoms with Crippen LogP contribution in [0.1, 0.15) is 52.2 Å². The summed E-state index contributed by atoms with van der Waals surface area (Å²) in [7, 11) is 0. The van der Waals surface area contributed by atoms with E-state index >= 15 is 0 Å². The maximum absolute atomic E-state index is 14.2. The minimum Gasteiger partial charge on any atom is -0.350 e. The molecule has 2 atom stereocenters. The zero-order chi connectivity index (χ0) is 32.3. The van der Waals surface area contributed by atoms with Crippen LogP contribution in [-0.4, -0.2) is 55.0 Å². The van der Waals surface area contributed by atoms with Gasteiger partial charge in [0, 0.05) is 43.7 Å². The molecule has 0 aromatic heterocycles. The number of fused-ring (bicyclic) bond motifs is 1. The van der Waals surface area contributed by atoms with Gasteiger partial charge in [-0.05, 0) is 65.4 Å². The molecule has 1 saturated heterocycles. The lowest BCUT2D eigenvalue weighted by molar-refractivity contribution is -0.133. The fraction of sp³-hybridized carbons (Fsp3) is 0.268. The van der Waals surface area contributed by atoms with Gasteiger partial charge in [-0.2, -0.15) is 0 Å². The maximum Gasteiger partial charge on any atom is 0.251 e. The highest BCUT2D eigenvalue weighted by atomic mass is 16.2. The lowest BCUT2D eigenvalue weighted by Crippen LogP contribution is -2.49. The molecule has 0 radical (unpaired) electrons. The molecule has 6 heteroatoms. The van der Waals surface area contributed by atoms with E-state index in [0.717, 1.165) is 36.7 Å². The van der Waals surface area contributed by atoms with Crippen LogP contribution >= 0.6 is 0 Å². The first-order valence-electron chi connectivity index (χ1n) is 16.8. The fourth-order valence-corrected chi connectivity index (χ4v) is 6.53. The van der Waals surface area contributed by atoms with Gasteiger partial charge >= 0.3 is 0 Å². The highest BCUT2D eigenvalue weighted by Gasteiger charge is 2.32. The molecule has 6 rings (SSSR count). The molecule has 47 heavy (non-hydrogen) atoms. The molecule has 0 spiro atoms. The summed E-state index contributed by atoms with van der Waals surface area (Å²) in [6, 6.07) is 44.8. The molecule has 6 nitrogen and oxygen atoms in total. The van der Waals surface area contributed by atoms with Crippen molar-refractivity contribution in [2.24, 2.45) is 0 Å². The molecule has 5 aromatic rings. The van der Waals surface area contributed by atoms with Gasteiger partial charge in [0.15, 0.2) is 0 Å². The second-order valence-electron chi connectivity index (χ2n) is 12.4. The van der Waals surface area contributed by atoms with Crippen LogP contribution in [0.5, 0.6) is 0 Å². The molecule has 1 aliphatic heterocycles. The Kier molecular flexibility index (Phi) is 11.1. The highest BCUT2D eigenvalue weighted by Crippen LogP contribution is 2.27. The first-order chi connectivity index (χ1) is 23.1. The number of amides is 2. The molecule has 2 amide bonds. The summed E-state index contributed by atoms with van der Waals surface area (Å²) < 4.78 is 0. The number of nitrogens with zero attached hydrogens (tertiary/aromatic N) is 1. The van der Waals surface area contributed by atoms with Gasteiger partial charge in [0.1, 0.15) is 0 Å². The van der Waals surface area contributed by atoms with Crippen molar-refractivity contribution >= 4 is 22.6 Å². The summed E-state index contributed by atoms with van der Waals surface area (Å²) in [5.41, 5.74) is 4.29. The van der Waals surface area contributed by atoms with Crippen LogP contribution in [0.4, 0.5) is 0 Å². The minimum atomic E-state index is -0.328. The zero-order valence-corrected chi connectivity index (χ0v) is 26.9. The van der Waals surface area contributed by atoms with E-state index in [1.54, 1.807) is 0 Å². The summed E-state index contributed by atoms with van der Waals surface area (Å²) in [4.78, 5) is 29.5. The molecule has 5 aromatic carbocycles. The molecule has 240 valence electrons.